The largest absolute Gasteiger partial charge is 0.330 e. The molecule has 0 spiro atoms. The minimum absolute atomic E-state index is 0.218. The molecule has 0 fully saturated rings. The van der Waals surface area contributed by atoms with Gasteiger partial charge >= 0.3 is 0 Å². The number of nitrogens with one attached hydrogen (secondary N) is 1. The van der Waals surface area contributed by atoms with Crippen molar-refractivity contribution in [1.82, 2.24) is 9.97 Å². The van der Waals surface area contributed by atoms with E-state index in [2.05, 4.69) is 29.1 Å². The monoisotopic (exact) mass is 296 g/mol. The second kappa shape index (κ2) is 6.23. The molecule has 2 rings (SSSR count). The van der Waals surface area contributed by atoms with E-state index < -0.39 is 0 Å². The van der Waals surface area contributed by atoms with E-state index in [0.717, 1.165) is 10.7 Å². The van der Waals surface area contributed by atoms with E-state index in [1.54, 1.807) is 5.38 Å². The van der Waals surface area contributed by atoms with Crippen molar-refractivity contribution in [2.24, 2.45) is 5.73 Å². The molecule has 0 atom stereocenters. The molecule has 1 amide bonds. The number of rotatable bonds is 5. The average molecular weight is 296 g/mol. The number of anilines is 1. The summed E-state index contributed by atoms with van der Waals surface area (Å²) in [4.78, 5) is 20.6. The van der Waals surface area contributed by atoms with Crippen LogP contribution in [0.25, 0.3) is 0 Å². The summed E-state index contributed by atoms with van der Waals surface area (Å²) in [5.41, 5.74) is 6.87. The van der Waals surface area contributed by atoms with E-state index in [0.29, 0.717) is 29.7 Å². The highest BCUT2D eigenvalue weighted by Gasteiger charge is 2.13. The van der Waals surface area contributed by atoms with Gasteiger partial charge < -0.3 is 5.73 Å². The maximum Gasteiger partial charge on any atom is 0.276 e. The topological polar surface area (TPSA) is 80.9 Å². The smallest absolute Gasteiger partial charge is 0.276 e. The third kappa shape index (κ3) is 3.59. The number of aromatic nitrogens is 2. The lowest BCUT2D eigenvalue weighted by atomic mass is 10.2. The third-order valence-electron chi connectivity index (χ3n) is 2.48. The number of amides is 1. The summed E-state index contributed by atoms with van der Waals surface area (Å²) in [6, 6.07) is 0. The van der Waals surface area contributed by atoms with Crippen molar-refractivity contribution in [2.45, 2.75) is 26.2 Å². The van der Waals surface area contributed by atoms with Gasteiger partial charge in [0.1, 0.15) is 5.69 Å². The second-order valence-corrected chi connectivity index (χ2v) is 6.15. The van der Waals surface area contributed by atoms with Gasteiger partial charge in [-0.1, -0.05) is 13.8 Å². The lowest BCUT2D eigenvalue weighted by Gasteiger charge is -1.99. The summed E-state index contributed by atoms with van der Waals surface area (Å²) in [6.45, 7) is 4.68. The highest BCUT2D eigenvalue weighted by Crippen LogP contribution is 2.22. The Kier molecular flexibility index (Phi) is 4.62. The molecule has 3 N–H and O–H groups in total. The van der Waals surface area contributed by atoms with Gasteiger partial charge in [-0.3, -0.25) is 10.1 Å². The molecule has 19 heavy (non-hydrogen) atoms. The van der Waals surface area contributed by atoms with Crippen LogP contribution in [0.15, 0.2) is 10.8 Å². The Morgan fingerprint density at radius 1 is 1.37 bits per heavy atom. The Labute approximate surface area is 119 Å². The van der Waals surface area contributed by atoms with Crippen molar-refractivity contribution in [3.8, 4) is 0 Å². The summed E-state index contributed by atoms with van der Waals surface area (Å²) in [5.74, 6) is 0.140. The van der Waals surface area contributed by atoms with Crippen LogP contribution in [0.1, 0.15) is 41.0 Å². The normalized spacial score (nSPS) is 10.9. The third-order valence-corrected chi connectivity index (χ3v) is 4.16. The van der Waals surface area contributed by atoms with Gasteiger partial charge in [-0.2, -0.15) is 0 Å². The fourth-order valence-corrected chi connectivity index (χ4v) is 3.08. The van der Waals surface area contributed by atoms with Crippen LogP contribution in [0, 0.1) is 0 Å². The number of hydrogen-bond acceptors (Lipinski definition) is 6. The molecule has 0 bridgehead atoms. The minimum atomic E-state index is -0.218. The second-order valence-electron chi connectivity index (χ2n) is 4.35. The van der Waals surface area contributed by atoms with Crippen molar-refractivity contribution in [3.05, 3.63) is 27.2 Å². The van der Waals surface area contributed by atoms with Gasteiger partial charge in [-0.25, -0.2) is 9.97 Å². The Morgan fingerprint density at radius 2 is 2.16 bits per heavy atom. The molecule has 0 aliphatic heterocycles. The summed E-state index contributed by atoms with van der Waals surface area (Å²) in [5, 5.41) is 7.97. The van der Waals surface area contributed by atoms with Crippen molar-refractivity contribution >= 4 is 33.7 Å². The van der Waals surface area contributed by atoms with Crippen LogP contribution in [-0.4, -0.2) is 22.4 Å². The van der Waals surface area contributed by atoms with Crippen LogP contribution in [0.4, 0.5) is 5.13 Å². The quantitative estimate of drug-likeness (QED) is 0.888. The van der Waals surface area contributed by atoms with Crippen LogP contribution in [-0.2, 0) is 6.42 Å². The number of carbonyl (C=O) groups is 1. The lowest BCUT2D eigenvalue weighted by Crippen LogP contribution is -2.12. The van der Waals surface area contributed by atoms with Gasteiger partial charge in [0, 0.05) is 17.2 Å². The van der Waals surface area contributed by atoms with E-state index >= 15 is 0 Å². The molecule has 0 aromatic carbocycles. The van der Waals surface area contributed by atoms with Gasteiger partial charge in [-0.15, -0.1) is 22.7 Å². The Morgan fingerprint density at radius 3 is 2.79 bits per heavy atom. The molecular formula is C12H16N4OS2. The standard InChI is InChI=1S/C12H16N4OS2/c1-7(2)8-5-19-12(15-8)16-11(17)9-6-18-10(14-9)3-4-13/h5-7H,3-4,13H2,1-2H3,(H,15,16,17). The van der Waals surface area contributed by atoms with E-state index in [9.17, 15) is 4.79 Å². The Balaban J connectivity index is 2.02. The molecule has 5 nitrogen and oxygen atoms in total. The van der Waals surface area contributed by atoms with Gasteiger partial charge in [0.05, 0.1) is 10.7 Å². The molecule has 2 aromatic heterocycles. The van der Waals surface area contributed by atoms with Crippen molar-refractivity contribution in [1.29, 1.82) is 0 Å². The highest BCUT2D eigenvalue weighted by molar-refractivity contribution is 7.14. The zero-order valence-corrected chi connectivity index (χ0v) is 12.5. The van der Waals surface area contributed by atoms with Crippen molar-refractivity contribution in [3.63, 3.8) is 0 Å². The minimum Gasteiger partial charge on any atom is -0.330 e. The van der Waals surface area contributed by atoms with Gasteiger partial charge in [-0.05, 0) is 12.5 Å². The average Bonchev–Trinajstić information content (AvgIpc) is 2.98. The molecule has 2 aromatic rings. The Bertz CT molecular complexity index is 562. The Hall–Kier alpha value is -1.31. The molecule has 0 saturated heterocycles. The zero-order chi connectivity index (χ0) is 13.8. The van der Waals surface area contributed by atoms with E-state index in [-0.39, 0.29) is 5.91 Å². The maximum absolute atomic E-state index is 12.0. The number of nitrogens with zero attached hydrogens (tertiary/aromatic N) is 2. The first-order chi connectivity index (χ1) is 9.10. The molecule has 0 aliphatic rings. The van der Waals surface area contributed by atoms with Crippen LogP contribution >= 0.6 is 22.7 Å². The summed E-state index contributed by atoms with van der Waals surface area (Å²) in [7, 11) is 0. The number of hydrogen-bond donors (Lipinski definition) is 2. The van der Waals surface area contributed by atoms with Gasteiger partial charge in [0.25, 0.3) is 5.91 Å². The van der Waals surface area contributed by atoms with E-state index in [1.165, 1.54) is 22.7 Å². The van der Waals surface area contributed by atoms with Crippen LogP contribution in [0.2, 0.25) is 0 Å². The number of thiazole rings is 2. The zero-order valence-electron chi connectivity index (χ0n) is 10.8. The molecule has 0 unspecified atom stereocenters. The molecule has 102 valence electrons. The van der Waals surface area contributed by atoms with Crippen LogP contribution in [0.5, 0.6) is 0 Å². The summed E-state index contributed by atoms with van der Waals surface area (Å²) >= 11 is 2.88. The fraction of sp³-hybridized carbons (Fsp3) is 0.417. The van der Waals surface area contributed by atoms with Crippen molar-refractivity contribution < 1.29 is 4.79 Å². The first-order valence-electron chi connectivity index (χ1n) is 6.01. The predicted molar refractivity (Wildman–Crippen MR) is 79.0 cm³/mol. The van der Waals surface area contributed by atoms with Crippen LogP contribution < -0.4 is 11.1 Å². The molecular weight excluding hydrogens is 280 g/mol. The lowest BCUT2D eigenvalue weighted by molar-refractivity contribution is 0.102. The molecule has 7 heteroatoms. The summed E-state index contributed by atoms with van der Waals surface area (Å²) < 4.78 is 0. The fourth-order valence-electron chi connectivity index (χ4n) is 1.42. The van der Waals surface area contributed by atoms with Crippen molar-refractivity contribution in [2.75, 3.05) is 11.9 Å². The highest BCUT2D eigenvalue weighted by atomic mass is 32.1. The molecule has 2 heterocycles. The number of nitrogens with two attached hydrogens (primary N) is 1. The first-order valence-corrected chi connectivity index (χ1v) is 7.77. The molecule has 0 aliphatic carbocycles. The summed E-state index contributed by atoms with van der Waals surface area (Å²) in [6.07, 6.45) is 0.701. The van der Waals surface area contributed by atoms with Crippen LogP contribution in [0.3, 0.4) is 0 Å². The van der Waals surface area contributed by atoms with Gasteiger partial charge in [0.2, 0.25) is 0 Å². The van der Waals surface area contributed by atoms with E-state index in [1.807, 2.05) is 5.38 Å². The SMILES string of the molecule is CC(C)c1csc(NC(=O)c2csc(CCN)n2)n1. The molecule has 0 saturated carbocycles. The maximum atomic E-state index is 12.0. The predicted octanol–water partition coefficient (Wildman–Crippen LogP) is 2.48. The number of carbonyl (C=O) groups excluding carboxylic acids is 1. The first kappa shape index (κ1) is 14.1. The van der Waals surface area contributed by atoms with Gasteiger partial charge in [0.15, 0.2) is 5.13 Å². The molecule has 0 radical (unpaired) electrons. The van der Waals surface area contributed by atoms with E-state index in [4.69, 9.17) is 5.73 Å².